The molecule has 0 radical (unpaired) electrons. The molecule has 0 saturated heterocycles. The van der Waals surface area contributed by atoms with Crippen LogP contribution in [0.1, 0.15) is 45.2 Å². The van der Waals surface area contributed by atoms with Crippen LogP contribution in [0.25, 0.3) is 0 Å². The first-order valence-corrected chi connectivity index (χ1v) is 8.14. The molecule has 0 aliphatic heterocycles. The summed E-state index contributed by atoms with van der Waals surface area (Å²) in [5.41, 5.74) is 1.22. The lowest BCUT2D eigenvalue weighted by Gasteiger charge is -2.16. The maximum absolute atomic E-state index is 8.93. The maximum Gasteiger partial charge on any atom is 0.0545 e. The number of thioether (sulfide) groups is 1. The molecule has 4 heteroatoms. The third-order valence-corrected chi connectivity index (χ3v) is 4.69. The minimum absolute atomic E-state index is 0.224. The SMILES string of the molecule is CCCNC(C)c1ccc(SC(C)CCO)c(Cl)c1. The van der Waals surface area contributed by atoms with Gasteiger partial charge >= 0.3 is 0 Å². The molecular weight excluding hydrogens is 278 g/mol. The third kappa shape index (κ3) is 5.74. The normalized spacial score (nSPS) is 14.4. The molecule has 0 saturated carbocycles. The Hall–Kier alpha value is -0.220. The third-order valence-electron chi connectivity index (χ3n) is 3.02. The van der Waals surface area contributed by atoms with Crippen molar-refractivity contribution in [3.63, 3.8) is 0 Å². The first-order valence-electron chi connectivity index (χ1n) is 6.88. The van der Waals surface area contributed by atoms with E-state index < -0.39 is 0 Å². The minimum Gasteiger partial charge on any atom is -0.396 e. The highest BCUT2D eigenvalue weighted by atomic mass is 35.5. The number of rotatable bonds is 8. The molecule has 0 heterocycles. The van der Waals surface area contributed by atoms with Gasteiger partial charge in [0.2, 0.25) is 0 Å². The Morgan fingerprint density at radius 2 is 2.11 bits per heavy atom. The van der Waals surface area contributed by atoms with Gasteiger partial charge in [0.05, 0.1) is 5.02 Å². The first kappa shape index (κ1) is 16.8. The lowest BCUT2D eigenvalue weighted by molar-refractivity contribution is 0.289. The van der Waals surface area contributed by atoms with Gasteiger partial charge in [-0.15, -0.1) is 11.8 Å². The summed E-state index contributed by atoms with van der Waals surface area (Å²) >= 11 is 8.06. The predicted molar refractivity (Wildman–Crippen MR) is 85.2 cm³/mol. The zero-order valence-corrected chi connectivity index (χ0v) is 13.5. The van der Waals surface area contributed by atoms with Gasteiger partial charge in [-0.05, 0) is 44.0 Å². The van der Waals surface area contributed by atoms with E-state index in [1.807, 2.05) is 6.07 Å². The number of nitrogens with one attached hydrogen (secondary N) is 1. The number of hydrogen-bond acceptors (Lipinski definition) is 3. The summed E-state index contributed by atoms with van der Waals surface area (Å²) in [6.07, 6.45) is 1.92. The quantitative estimate of drug-likeness (QED) is 0.704. The number of aliphatic hydroxyl groups excluding tert-OH is 1. The van der Waals surface area contributed by atoms with E-state index in [0.29, 0.717) is 11.3 Å². The van der Waals surface area contributed by atoms with Gasteiger partial charge in [-0.25, -0.2) is 0 Å². The average molecular weight is 302 g/mol. The second-order valence-electron chi connectivity index (χ2n) is 4.81. The van der Waals surface area contributed by atoms with E-state index in [1.165, 1.54) is 5.56 Å². The Balaban J connectivity index is 2.68. The van der Waals surface area contributed by atoms with Crippen LogP contribution in [-0.4, -0.2) is 23.5 Å². The summed E-state index contributed by atoms with van der Waals surface area (Å²) in [4.78, 5) is 1.09. The van der Waals surface area contributed by atoms with E-state index in [2.05, 4.69) is 38.2 Å². The zero-order chi connectivity index (χ0) is 14.3. The van der Waals surface area contributed by atoms with Crippen LogP contribution in [0.15, 0.2) is 23.1 Å². The smallest absolute Gasteiger partial charge is 0.0545 e. The predicted octanol–water partition coefficient (Wildman–Crippen LogP) is 4.26. The van der Waals surface area contributed by atoms with E-state index >= 15 is 0 Å². The van der Waals surface area contributed by atoms with Crippen LogP contribution < -0.4 is 5.32 Å². The highest BCUT2D eigenvalue weighted by Gasteiger charge is 2.10. The Kier molecular flexibility index (Phi) is 7.84. The molecule has 2 N–H and O–H groups in total. The van der Waals surface area contributed by atoms with Crippen LogP contribution >= 0.6 is 23.4 Å². The number of benzene rings is 1. The lowest BCUT2D eigenvalue weighted by Crippen LogP contribution is -2.19. The Morgan fingerprint density at radius 3 is 2.68 bits per heavy atom. The van der Waals surface area contributed by atoms with E-state index in [9.17, 15) is 0 Å². The van der Waals surface area contributed by atoms with E-state index in [4.69, 9.17) is 16.7 Å². The largest absolute Gasteiger partial charge is 0.396 e. The van der Waals surface area contributed by atoms with Gasteiger partial charge in [-0.3, -0.25) is 0 Å². The van der Waals surface area contributed by atoms with Crippen molar-refractivity contribution in [1.82, 2.24) is 5.32 Å². The van der Waals surface area contributed by atoms with Crippen LogP contribution in [0.4, 0.5) is 0 Å². The topological polar surface area (TPSA) is 32.3 Å². The number of aliphatic hydroxyl groups is 1. The molecule has 19 heavy (non-hydrogen) atoms. The molecule has 0 aliphatic carbocycles. The molecule has 2 unspecified atom stereocenters. The first-order chi connectivity index (χ1) is 9.08. The highest BCUT2D eigenvalue weighted by Crippen LogP contribution is 2.33. The van der Waals surface area contributed by atoms with Gasteiger partial charge in [-0.1, -0.05) is 31.5 Å². The van der Waals surface area contributed by atoms with Crippen LogP contribution in [0, 0.1) is 0 Å². The fraction of sp³-hybridized carbons (Fsp3) is 0.600. The molecule has 0 bridgehead atoms. The molecule has 0 spiro atoms. The van der Waals surface area contributed by atoms with Crippen molar-refractivity contribution in [2.45, 2.75) is 49.8 Å². The Bertz CT molecular complexity index is 386. The van der Waals surface area contributed by atoms with Crippen molar-refractivity contribution in [2.24, 2.45) is 0 Å². The average Bonchev–Trinajstić information content (AvgIpc) is 2.38. The van der Waals surface area contributed by atoms with Gasteiger partial charge in [0, 0.05) is 22.8 Å². The molecule has 0 aliphatic rings. The molecular formula is C15H24ClNOS. The molecule has 0 amide bonds. The van der Waals surface area contributed by atoms with Gasteiger partial charge in [-0.2, -0.15) is 0 Å². The van der Waals surface area contributed by atoms with Crippen molar-refractivity contribution in [2.75, 3.05) is 13.2 Å². The Labute approximate surface area is 125 Å². The lowest BCUT2D eigenvalue weighted by atomic mass is 10.1. The number of hydrogen-bond donors (Lipinski definition) is 2. The summed E-state index contributed by atoms with van der Waals surface area (Å²) in [5.74, 6) is 0. The van der Waals surface area contributed by atoms with Crippen LogP contribution in [0.2, 0.25) is 5.02 Å². The van der Waals surface area contributed by atoms with Crippen LogP contribution in [-0.2, 0) is 0 Å². The molecule has 0 aromatic heterocycles. The van der Waals surface area contributed by atoms with Gasteiger partial charge in [0.1, 0.15) is 0 Å². The molecule has 1 aromatic rings. The molecule has 2 atom stereocenters. The summed E-state index contributed by atoms with van der Waals surface area (Å²) in [6.45, 7) is 7.67. The van der Waals surface area contributed by atoms with Crippen LogP contribution in [0.3, 0.4) is 0 Å². The van der Waals surface area contributed by atoms with E-state index in [0.717, 1.165) is 29.3 Å². The summed E-state index contributed by atoms with van der Waals surface area (Å²) in [7, 11) is 0. The maximum atomic E-state index is 8.93. The minimum atomic E-state index is 0.224. The van der Waals surface area contributed by atoms with Crippen molar-refractivity contribution < 1.29 is 5.11 Å². The molecule has 0 fully saturated rings. The monoisotopic (exact) mass is 301 g/mol. The van der Waals surface area contributed by atoms with Crippen molar-refractivity contribution >= 4 is 23.4 Å². The second kappa shape index (κ2) is 8.85. The molecule has 108 valence electrons. The molecule has 2 nitrogen and oxygen atoms in total. The fourth-order valence-electron chi connectivity index (χ4n) is 1.82. The van der Waals surface area contributed by atoms with Crippen LogP contribution in [0.5, 0.6) is 0 Å². The van der Waals surface area contributed by atoms with Gasteiger partial charge in [0.25, 0.3) is 0 Å². The summed E-state index contributed by atoms with van der Waals surface area (Å²) in [5, 5.41) is 13.6. The second-order valence-corrected chi connectivity index (χ2v) is 6.69. The van der Waals surface area contributed by atoms with Crippen molar-refractivity contribution in [3.8, 4) is 0 Å². The molecule has 1 aromatic carbocycles. The molecule has 1 rings (SSSR count). The van der Waals surface area contributed by atoms with Crippen molar-refractivity contribution in [1.29, 1.82) is 0 Å². The highest BCUT2D eigenvalue weighted by molar-refractivity contribution is 8.00. The van der Waals surface area contributed by atoms with Gasteiger partial charge in [0.15, 0.2) is 0 Å². The van der Waals surface area contributed by atoms with E-state index in [1.54, 1.807) is 11.8 Å². The fourth-order valence-corrected chi connectivity index (χ4v) is 3.12. The van der Waals surface area contributed by atoms with E-state index in [-0.39, 0.29) is 6.61 Å². The standard InChI is InChI=1S/C15H24ClNOS/c1-4-8-17-12(3)13-5-6-15(14(16)10-13)19-11(2)7-9-18/h5-6,10-12,17-18H,4,7-9H2,1-3H3. The van der Waals surface area contributed by atoms with Crippen molar-refractivity contribution in [3.05, 3.63) is 28.8 Å². The zero-order valence-electron chi connectivity index (χ0n) is 11.9. The van der Waals surface area contributed by atoms with Gasteiger partial charge < -0.3 is 10.4 Å². The summed E-state index contributed by atoms with van der Waals surface area (Å²) in [6, 6.07) is 6.59. The number of halogens is 1. The summed E-state index contributed by atoms with van der Waals surface area (Å²) < 4.78 is 0. The Morgan fingerprint density at radius 1 is 1.37 bits per heavy atom.